The Balaban J connectivity index is 1.75. The maximum atomic E-state index is 12.0. The Hall–Kier alpha value is -0.830. The second-order valence-corrected chi connectivity index (χ2v) is 5.55. The zero-order valence-corrected chi connectivity index (χ0v) is 9.22. The molecule has 0 radical (unpaired) electrons. The van der Waals surface area contributed by atoms with Crippen molar-refractivity contribution in [3.8, 4) is 0 Å². The van der Waals surface area contributed by atoms with Gasteiger partial charge in [0.25, 0.3) is 0 Å². The summed E-state index contributed by atoms with van der Waals surface area (Å²) in [6, 6.07) is 0. The third kappa shape index (κ3) is 0.956. The summed E-state index contributed by atoms with van der Waals surface area (Å²) in [4.78, 5) is 12.0. The number of ether oxygens (including phenoxy) is 2. The standard InChI is InChI=1S/C13H16O3/c14-12-10-8-4-5-9(15-8)11(10)13(16-12)6-2-1-3-7-13/h4-5,8-11H,1-3,6-7H2/t8-,9+,10-,11+/m0/s1. The van der Waals surface area contributed by atoms with Gasteiger partial charge < -0.3 is 9.47 Å². The molecule has 4 atom stereocenters. The molecule has 1 saturated carbocycles. The SMILES string of the molecule is O=C1OC2(CCCCC2)[C@H]2[C@@H]1[C@@H]1C=C[C@H]2O1. The molecule has 1 aliphatic carbocycles. The number of esters is 1. The molecule has 0 N–H and O–H groups in total. The third-order valence-electron chi connectivity index (χ3n) is 4.78. The van der Waals surface area contributed by atoms with Crippen LogP contribution in [0, 0.1) is 11.8 Å². The Bertz CT molecular complexity index is 367. The van der Waals surface area contributed by atoms with Gasteiger partial charge in [-0.15, -0.1) is 0 Å². The lowest BCUT2D eigenvalue weighted by Gasteiger charge is -2.37. The van der Waals surface area contributed by atoms with E-state index in [4.69, 9.17) is 9.47 Å². The summed E-state index contributed by atoms with van der Waals surface area (Å²) in [5.41, 5.74) is -0.176. The van der Waals surface area contributed by atoms with Crippen molar-refractivity contribution in [2.75, 3.05) is 0 Å². The summed E-state index contributed by atoms with van der Waals surface area (Å²) in [6.07, 6.45) is 10.1. The van der Waals surface area contributed by atoms with Crippen LogP contribution in [-0.2, 0) is 14.3 Å². The second-order valence-electron chi connectivity index (χ2n) is 5.55. The van der Waals surface area contributed by atoms with Gasteiger partial charge in [0, 0.05) is 5.92 Å². The van der Waals surface area contributed by atoms with E-state index in [0.717, 1.165) is 12.8 Å². The van der Waals surface area contributed by atoms with Gasteiger partial charge in [-0.1, -0.05) is 18.6 Å². The van der Waals surface area contributed by atoms with Crippen molar-refractivity contribution < 1.29 is 14.3 Å². The fourth-order valence-electron chi connectivity index (χ4n) is 4.14. The highest BCUT2D eigenvalue weighted by Crippen LogP contribution is 2.55. The Kier molecular flexibility index (Phi) is 1.67. The normalized spacial score (nSPS) is 47.4. The molecular weight excluding hydrogens is 204 g/mol. The van der Waals surface area contributed by atoms with Crippen molar-refractivity contribution in [3.63, 3.8) is 0 Å². The van der Waals surface area contributed by atoms with Crippen LogP contribution in [0.1, 0.15) is 32.1 Å². The molecule has 3 fully saturated rings. The number of hydrogen-bond acceptors (Lipinski definition) is 3. The van der Waals surface area contributed by atoms with E-state index in [0.29, 0.717) is 5.92 Å². The minimum Gasteiger partial charge on any atom is -0.458 e. The van der Waals surface area contributed by atoms with Crippen LogP contribution in [0.25, 0.3) is 0 Å². The number of rotatable bonds is 0. The molecule has 3 nitrogen and oxygen atoms in total. The molecule has 2 bridgehead atoms. The van der Waals surface area contributed by atoms with Crippen LogP contribution in [0.5, 0.6) is 0 Å². The topological polar surface area (TPSA) is 35.5 Å². The van der Waals surface area contributed by atoms with Gasteiger partial charge in [0.1, 0.15) is 5.60 Å². The maximum absolute atomic E-state index is 12.0. The summed E-state index contributed by atoms with van der Waals surface area (Å²) in [5, 5.41) is 0. The number of carbonyl (C=O) groups excluding carboxylic acids is 1. The lowest BCUT2D eigenvalue weighted by molar-refractivity contribution is -0.158. The largest absolute Gasteiger partial charge is 0.458 e. The zero-order valence-electron chi connectivity index (χ0n) is 9.22. The fourth-order valence-corrected chi connectivity index (χ4v) is 4.14. The van der Waals surface area contributed by atoms with Crippen molar-refractivity contribution in [1.82, 2.24) is 0 Å². The van der Waals surface area contributed by atoms with E-state index in [1.165, 1.54) is 19.3 Å². The molecule has 3 heteroatoms. The molecule has 2 saturated heterocycles. The summed E-state index contributed by atoms with van der Waals surface area (Å²) < 4.78 is 11.6. The maximum Gasteiger partial charge on any atom is 0.313 e. The molecule has 0 aromatic carbocycles. The van der Waals surface area contributed by atoms with Crippen LogP contribution in [0.3, 0.4) is 0 Å². The van der Waals surface area contributed by atoms with Crippen LogP contribution in [0.2, 0.25) is 0 Å². The van der Waals surface area contributed by atoms with E-state index in [2.05, 4.69) is 6.08 Å². The zero-order chi connectivity index (χ0) is 10.8. The summed E-state index contributed by atoms with van der Waals surface area (Å²) in [7, 11) is 0. The van der Waals surface area contributed by atoms with E-state index >= 15 is 0 Å². The highest BCUT2D eigenvalue weighted by molar-refractivity contribution is 5.78. The van der Waals surface area contributed by atoms with Gasteiger partial charge in [0.15, 0.2) is 0 Å². The highest BCUT2D eigenvalue weighted by Gasteiger charge is 2.65. The Morgan fingerprint density at radius 2 is 1.88 bits per heavy atom. The van der Waals surface area contributed by atoms with Crippen molar-refractivity contribution >= 4 is 5.97 Å². The lowest BCUT2D eigenvalue weighted by Crippen LogP contribution is -2.42. The Labute approximate surface area is 94.8 Å². The highest BCUT2D eigenvalue weighted by atomic mass is 16.6. The van der Waals surface area contributed by atoms with Gasteiger partial charge in [-0.25, -0.2) is 0 Å². The van der Waals surface area contributed by atoms with E-state index < -0.39 is 0 Å². The van der Waals surface area contributed by atoms with Crippen molar-refractivity contribution in [1.29, 1.82) is 0 Å². The van der Waals surface area contributed by atoms with Gasteiger partial charge in [-0.2, -0.15) is 0 Å². The molecule has 3 heterocycles. The molecule has 16 heavy (non-hydrogen) atoms. The van der Waals surface area contributed by atoms with Crippen molar-refractivity contribution in [2.24, 2.45) is 11.8 Å². The molecule has 0 amide bonds. The van der Waals surface area contributed by atoms with Crippen molar-refractivity contribution in [3.05, 3.63) is 12.2 Å². The van der Waals surface area contributed by atoms with Crippen molar-refractivity contribution in [2.45, 2.75) is 49.9 Å². The molecule has 1 spiro atoms. The van der Waals surface area contributed by atoms with Crippen LogP contribution < -0.4 is 0 Å². The van der Waals surface area contributed by atoms with Gasteiger partial charge >= 0.3 is 5.97 Å². The molecule has 0 aromatic rings. The second kappa shape index (κ2) is 2.89. The molecule has 0 aromatic heterocycles. The van der Waals surface area contributed by atoms with Gasteiger partial charge in [-0.3, -0.25) is 4.79 Å². The van der Waals surface area contributed by atoms with Gasteiger partial charge in [-0.05, 0) is 25.7 Å². The van der Waals surface area contributed by atoms with E-state index in [1.807, 2.05) is 6.08 Å². The smallest absolute Gasteiger partial charge is 0.313 e. The number of hydrogen-bond donors (Lipinski definition) is 0. The molecule has 86 valence electrons. The first-order valence-corrected chi connectivity index (χ1v) is 6.37. The van der Waals surface area contributed by atoms with Crippen LogP contribution in [0.4, 0.5) is 0 Å². The Morgan fingerprint density at radius 1 is 1.12 bits per heavy atom. The minimum atomic E-state index is -0.176. The van der Waals surface area contributed by atoms with Gasteiger partial charge in [0.05, 0.1) is 18.1 Å². The monoisotopic (exact) mass is 220 g/mol. The Morgan fingerprint density at radius 3 is 2.69 bits per heavy atom. The van der Waals surface area contributed by atoms with Crippen LogP contribution in [-0.4, -0.2) is 23.8 Å². The first kappa shape index (κ1) is 9.23. The van der Waals surface area contributed by atoms with Crippen LogP contribution in [0.15, 0.2) is 12.2 Å². The quantitative estimate of drug-likeness (QED) is 0.461. The average Bonchev–Trinajstić information content (AvgIpc) is 2.94. The lowest BCUT2D eigenvalue weighted by atomic mass is 9.69. The van der Waals surface area contributed by atoms with E-state index in [1.54, 1.807) is 0 Å². The van der Waals surface area contributed by atoms with E-state index in [9.17, 15) is 4.79 Å². The van der Waals surface area contributed by atoms with E-state index in [-0.39, 0.29) is 29.7 Å². The number of fused-ring (bicyclic) bond motifs is 6. The summed E-state index contributed by atoms with van der Waals surface area (Å²) in [6.45, 7) is 0. The summed E-state index contributed by atoms with van der Waals surface area (Å²) >= 11 is 0. The third-order valence-corrected chi connectivity index (χ3v) is 4.78. The first-order valence-electron chi connectivity index (χ1n) is 6.37. The average molecular weight is 220 g/mol. The molecule has 3 aliphatic heterocycles. The minimum absolute atomic E-state index is 0.00352. The van der Waals surface area contributed by atoms with Gasteiger partial charge in [0.2, 0.25) is 0 Å². The predicted molar refractivity (Wildman–Crippen MR) is 56.7 cm³/mol. The number of carbonyl (C=O) groups is 1. The predicted octanol–water partition coefficient (Wildman–Crippen LogP) is 1.82. The molecule has 4 aliphatic rings. The molecular formula is C13H16O3. The molecule has 4 rings (SSSR count). The fraction of sp³-hybridized carbons (Fsp3) is 0.769. The first-order chi connectivity index (χ1) is 7.80. The van der Waals surface area contributed by atoms with Crippen LogP contribution >= 0.6 is 0 Å². The summed E-state index contributed by atoms with van der Waals surface area (Å²) in [5.74, 6) is 0.284. The molecule has 0 unspecified atom stereocenters.